The van der Waals surface area contributed by atoms with Gasteiger partial charge in [-0.3, -0.25) is 0 Å². The van der Waals surface area contributed by atoms with Gasteiger partial charge in [0.1, 0.15) is 5.84 Å². The van der Waals surface area contributed by atoms with Gasteiger partial charge in [-0.2, -0.15) is 0 Å². The number of nitrogens with zero attached hydrogens (tertiary/aromatic N) is 2. The molecule has 1 unspecified atom stereocenters. The minimum absolute atomic E-state index is 0.294. The van der Waals surface area contributed by atoms with Crippen LogP contribution in [0.4, 0.5) is 0 Å². The summed E-state index contributed by atoms with van der Waals surface area (Å²) in [4.78, 5) is 2.36. The Kier molecular flexibility index (Phi) is 8.94. The molecule has 0 heterocycles. The summed E-state index contributed by atoms with van der Waals surface area (Å²) in [6, 6.07) is 0.298. The molecule has 0 aliphatic carbocycles. The Bertz CT molecular complexity index is 192. The lowest BCUT2D eigenvalue weighted by molar-refractivity contribution is 0.294. The van der Waals surface area contributed by atoms with Crippen LogP contribution >= 0.6 is 0 Å². The second-order valence-corrected chi connectivity index (χ2v) is 3.88. The highest BCUT2D eigenvalue weighted by atomic mass is 16.4. The van der Waals surface area contributed by atoms with Crippen molar-refractivity contribution >= 4 is 5.84 Å². The molecule has 0 aromatic heterocycles. The van der Waals surface area contributed by atoms with Gasteiger partial charge in [-0.15, -0.1) is 0 Å². The van der Waals surface area contributed by atoms with E-state index in [2.05, 4.69) is 36.1 Å². The van der Waals surface area contributed by atoms with E-state index in [1.54, 1.807) is 0 Å². The van der Waals surface area contributed by atoms with Crippen LogP contribution in [0, 0.1) is 0 Å². The molecule has 16 heavy (non-hydrogen) atoms. The van der Waals surface area contributed by atoms with Crippen LogP contribution in [0.1, 0.15) is 33.6 Å². The first-order valence-electron chi connectivity index (χ1n) is 6.09. The van der Waals surface area contributed by atoms with Crippen molar-refractivity contribution in [3.8, 4) is 0 Å². The van der Waals surface area contributed by atoms with Crippen molar-refractivity contribution in [2.24, 2.45) is 10.9 Å². The minimum Gasteiger partial charge on any atom is -0.409 e. The van der Waals surface area contributed by atoms with Crippen molar-refractivity contribution in [3.05, 3.63) is 0 Å². The fourth-order valence-corrected chi connectivity index (χ4v) is 1.62. The van der Waals surface area contributed by atoms with E-state index in [1.807, 2.05) is 0 Å². The zero-order valence-corrected chi connectivity index (χ0v) is 10.7. The Morgan fingerprint density at radius 2 is 2.00 bits per heavy atom. The lowest BCUT2D eigenvalue weighted by atomic mass is 10.1. The van der Waals surface area contributed by atoms with Crippen LogP contribution in [-0.2, 0) is 0 Å². The van der Waals surface area contributed by atoms with E-state index in [0.29, 0.717) is 18.3 Å². The van der Waals surface area contributed by atoms with Gasteiger partial charge < -0.3 is 21.2 Å². The molecule has 96 valence electrons. The Hall–Kier alpha value is -0.810. The average Bonchev–Trinajstić information content (AvgIpc) is 2.32. The highest BCUT2D eigenvalue weighted by Crippen LogP contribution is 1.97. The number of hydrogen-bond donors (Lipinski definition) is 3. The first-order chi connectivity index (χ1) is 7.67. The number of oxime groups is 1. The molecular formula is C11H26N4O. The van der Waals surface area contributed by atoms with Gasteiger partial charge in [-0.25, -0.2) is 0 Å². The molecule has 1 atom stereocenters. The number of rotatable bonds is 9. The molecule has 0 aliphatic heterocycles. The van der Waals surface area contributed by atoms with E-state index in [1.165, 1.54) is 0 Å². The predicted molar refractivity (Wildman–Crippen MR) is 67.9 cm³/mol. The Labute approximate surface area is 98.7 Å². The Balaban J connectivity index is 3.78. The van der Waals surface area contributed by atoms with Gasteiger partial charge in [0.05, 0.1) is 0 Å². The topological polar surface area (TPSA) is 73.9 Å². The molecule has 4 N–H and O–H groups in total. The summed E-state index contributed by atoms with van der Waals surface area (Å²) in [5.74, 6) is 0.294. The quantitative estimate of drug-likeness (QED) is 0.237. The van der Waals surface area contributed by atoms with Crippen molar-refractivity contribution in [3.63, 3.8) is 0 Å². The largest absolute Gasteiger partial charge is 0.409 e. The smallest absolute Gasteiger partial charge is 0.140 e. The SMILES string of the molecule is CCC(CC(N)=NO)NCCN(CC)CC. The summed E-state index contributed by atoms with van der Waals surface area (Å²) in [6.07, 6.45) is 1.58. The first kappa shape index (κ1) is 15.2. The second kappa shape index (κ2) is 9.42. The Morgan fingerprint density at radius 3 is 2.44 bits per heavy atom. The third-order valence-electron chi connectivity index (χ3n) is 2.83. The standard InChI is InChI=1S/C11H26N4O/c1-4-10(9-11(12)14-16)13-7-8-15(5-2)6-3/h10,13,16H,4-9H2,1-3H3,(H2,12,14). The molecule has 0 saturated heterocycles. The third kappa shape index (κ3) is 6.63. The summed E-state index contributed by atoms with van der Waals surface area (Å²) in [6.45, 7) is 10.6. The maximum atomic E-state index is 8.50. The number of nitrogens with two attached hydrogens (primary N) is 1. The minimum atomic E-state index is 0.294. The van der Waals surface area contributed by atoms with Gasteiger partial charge in [0.25, 0.3) is 0 Å². The van der Waals surface area contributed by atoms with E-state index in [0.717, 1.165) is 32.6 Å². The predicted octanol–water partition coefficient (Wildman–Crippen LogP) is 0.833. The van der Waals surface area contributed by atoms with Crippen molar-refractivity contribution in [2.45, 2.75) is 39.7 Å². The normalized spacial score (nSPS) is 14.4. The molecule has 0 amide bonds. The number of likely N-dealkylation sites (N-methyl/N-ethyl adjacent to an activating group) is 1. The van der Waals surface area contributed by atoms with Crippen LogP contribution < -0.4 is 11.1 Å². The highest BCUT2D eigenvalue weighted by Gasteiger charge is 2.08. The van der Waals surface area contributed by atoms with Crippen LogP contribution in [0.15, 0.2) is 5.16 Å². The summed E-state index contributed by atoms with van der Waals surface area (Å²) in [5.41, 5.74) is 5.48. The van der Waals surface area contributed by atoms with Gasteiger partial charge in [-0.1, -0.05) is 25.9 Å². The summed E-state index contributed by atoms with van der Waals surface area (Å²) in [5, 5.41) is 14.9. The van der Waals surface area contributed by atoms with Crippen LogP contribution in [0.3, 0.4) is 0 Å². The molecule has 0 aromatic rings. The number of hydrogen-bond acceptors (Lipinski definition) is 4. The molecule has 0 rings (SSSR count). The molecule has 0 radical (unpaired) electrons. The average molecular weight is 230 g/mol. The summed E-state index contributed by atoms with van der Waals surface area (Å²) < 4.78 is 0. The fraction of sp³-hybridized carbons (Fsp3) is 0.909. The molecule has 0 fully saturated rings. The Morgan fingerprint density at radius 1 is 1.38 bits per heavy atom. The number of nitrogens with one attached hydrogen (secondary N) is 1. The van der Waals surface area contributed by atoms with Gasteiger partial charge in [0, 0.05) is 25.6 Å². The molecule has 0 spiro atoms. The van der Waals surface area contributed by atoms with Gasteiger partial charge >= 0.3 is 0 Å². The first-order valence-corrected chi connectivity index (χ1v) is 6.09. The lowest BCUT2D eigenvalue weighted by Gasteiger charge is -2.21. The van der Waals surface area contributed by atoms with Gasteiger partial charge in [0.15, 0.2) is 0 Å². The van der Waals surface area contributed by atoms with E-state index >= 15 is 0 Å². The molecule has 0 bridgehead atoms. The lowest BCUT2D eigenvalue weighted by Crippen LogP contribution is -2.38. The maximum absolute atomic E-state index is 8.50. The van der Waals surface area contributed by atoms with E-state index in [9.17, 15) is 0 Å². The van der Waals surface area contributed by atoms with Crippen LogP contribution in [0.25, 0.3) is 0 Å². The zero-order valence-electron chi connectivity index (χ0n) is 10.7. The van der Waals surface area contributed by atoms with Crippen molar-refractivity contribution in [1.29, 1.82) is 0 Å². The molecular weight excluding hydrogens is 204 g/mol. The van der Waals surface area contributed by atoms with E-state index in [4.69, 9.17) is 10.9 Å². The maximum Gasteiger partial charge on any atom is 0.140 e. The molecule has 5 heteroatoms. The van der Waals surface area contributed by atoms with Crippen LogP contribution in [-0.4, -0.2) is 48.2 Å². The fourth-order valence-electron chi connectivity index (χ4n) is 1.62. The molecule has 5 nitrogen and oxygen atoms in total. The zero-order chi connectivity index (χ0) is 12.4. The van der Waals surface area contributed by atoms with Gasteiger partial charge in [-0.05, 0) is 19.5 Å². The number of amidine groups is 1. The molecule has 0 aromatic carbocycles. The molecule has 0 aliphatic rings. The van der Waals surface area contributed by atoms with Gasteiger partial charge in [0.2, 0.25) is 0 Å². The second-order valence-electron chi connectivity index (χ2n) is 3.88. The van der Waals surface area contributed by atoms with E-state index in [-0.39, 0.29) is 0 Å². The summed E-state index contributed by atoms with van der Waals surface area (Å²) >= 11 is 0. The van der Waals surface area contributed by atoms with Crippen LogP contribution in [0.2, 0.25) is 0 Å². The van der Waals surface area contributed by atoms with Crippen molar-refractivity contribution in [1.82, 2.24) is 10.2 Å². The molecule has 0 saturated carbocycles. The third-order valence-corrected chi connectivity index (χ3v) is 2.83. The van der Waals surface area contributed by atoms with Crippen molar-refractivity contribution < 1.29 is 5.21 Å². The monoisotopic (exact) mass is 230 g/mol. The summed E-state index contributed by atoms with van der Waals surface area (Å²) in [7, 11) is 0. The van der Waals surface area contributed by atoms with E-state index < -0.39 is 0 Å². The van der Waals surface area contributed by atoms with Crippen molar-refractivity contribution in [2.75, 3.05) is 26.2 Å². The highest BCUT2D eigenvalue weighted by molar-refractivity contribution is 5.80. The van der Waals surface area contributed by atoms with Crippen LogP contribution in [0.5, 0.6) is 0 Å².